The monoisotopic (exact) mass is 280 g/mol. The summed E-state index contributed by atoms with van der Waals surface area (Å²) >= 11 is 0. The third-order valence-electron chi connectivity index (χ3n) is 4.07. The molecule has 0 saturated carbocycles. The second-order valence-corrected chi connectivity index (χ2v) is 5.81. The number of carbonyl (C=O) groups is 1. The average Bonchev–Trinajstić information content (AvgIpc) is 2.95. The van der Waals surface area contributed by atoms with Gasteiger partial charge < -0.3 is 4.90 Å². The minimum absolute atomic E-state index is 0.140. The molecule has 1 amide bonds. The molecule has 2 heterocycles. The smallest absolute Gasteiger partial charge is 0.254 e. The lowest BCUT2D eigenvalue weighted by atomic mass is 10.0. The predicted octanol–water partition coefficient (Wildman–Crippen LogP) is 3.68. The number of rotatable bonds is 2. The van der Waals surface area contributed by atoms with E-state index in [1.54, 1.807) is 12.4 Å². The van der Waals surface area contributed by atoms with Crippen LogP contribution in [-0.2, 0) is 0 Å². The Labute approximate surface area is 125 Å². The van der Waals surface area contributed by atoms with Crippen LogP contribution in [0.4, 0.5) is 0 Å². The van der Waals surface area contributed by atoms with Crippen LogP contribution < -0.4 is 0 Å². The molecule has 3 heteroatoms. The third-order valence-corrected chi connectivity index (χ3v) is 4.07. The molecule has 1 atom stereocenters. The molecule has 3 rings (SSSR count). The summed E-state index contributed by atoms with van der Waals surface area (Å²) in [5.74, 6) is 0.140. The number of benzene rings is 1. The molecule has 0 bridgehead atoms. The molecular formula is C18H20N2O. The van der Waals surface area contributed by atoms with Gasteiger partial charge in [0, 0.05) is 24.5 Å². The second kappa shape index (κ2) is 5.68. The van der Waals surface area contributed by atoms with Crippen LogP contribution in [0, 0.1) is 13.8 Å². The largest absolute Gasteiger partial charge is 0.332 e. The fraction of sp³-hybridized carbons (Fsp3) is 0.333. The molecule has 108 valence electrons. The van der Waals surface area contributed by atoms with E-state index in [-0.39, 0.29) is 11.9 Å². The molecule has 1 fully saturated rings. The Bertz CT molecular complexity index is 631. The van der Waals surface area contributed by atoms with E-state index in [0.29, 0.717) is 0 Å². The molecule has 0 aliphatic carbocycles. The van der Waals surface area contributed by atoms with Crippen molar-refractivity contribution >= 4 is 5.91 Å². The Kier molecular flexibility index (Phi) is 3.74. The van der Waals surface area contributed by atoms with Gasteiger partial charge in [-0.2, -0.15) is 0 Å². The lowest BCUT2D eigenvalue weighted by Gasteiger charge is -2.25. The van der Waals surface area contributed by atoms with Gasteiger partial charge in [0.2, 0.25) is 0 Å². The number of nitrogens with zero attached hydrogens (tertiary/aromatic N) is 2. The molecule has 0 N–H and O–H groups in total. The summed E-state index contributed by atoms with van der Waals surface area (Å²) in [6.45, 7) is 4.90. The maximum absolute atomic E-state index is 12.8. The molecule has 1 aliphatic rings. The number of hydrogen-bond donors (Lipinski definition) is 0. The zero-order valence-corrected chi connectivity index (χ0v) is 12.5. The molecule has 1 saturated heterocycles. The van der Waals surface area contributed by atoms with Gasteiger partial charge in [-0.05, 0) is 56.5 Å². The lowest BCUT2D eigenvalue weighted by Crippen LogP contribution is -2.30. The number of pyridine rings is 1. The molecule has 21 heavy (non-hydrogen) atoms. The van der Waals surface area contributed by atoms with Gasteiger partial charge in [-0.15, -0.1) is 0 Å². The van der Waals surface area contributed by atoms with Crippen LogP contribution in [0.3, 0.4) is 0 Å². The first-order valence-corrected chi connectivity index (χ1v) is 7.44. The molecule has 1 aliphatic heterocycles. The fourth-order valence-electron chi connectivity index (χ4n) is 3.21. The van der Waals surface area contributed by atoms with Crippen molar-refractivity contribution in [1.29, 1.82) is 0 Å². The maximum atomic E-state index is 12.8. The first kappa shape index (κ1) is 13.8. The van der Waals surface area contributed by atoms with Crippen LogP contribution >= 0.6 is 0 Å². The van der Waals surface area contributed by atoms with Gasteiger partial charge in [0.05, 0.1) is 6.04 Å². The van der Waals surface area contributed by atoms with Crippen molar-refractivity contribution in [3.63, 3.8) is 0 Å². The molecule has 0 unspecified atom stereocenters. The summed E-state index contributed by atoms with van der Waals surface area (Å²) < 4.78 is 0. The van der Waals surface area contributed by atoms with Gasteiger partial charge in [0.1, 0.15) is 0 Å². The highest BCUT2D eigenvalue weighted by Crippen LogP contribution is 2.32. The summed E-state index contributed by atoms with van der Waals surface area (Å²) in [5.41, 5.74) is 4.25. The summed E-state index contributed by atoms with van der Waals surface area (Å²) in [4.78, 5) is 18.9. The zero-order valence-electron chi connectivity index (χ0n) is 12.5. The highest BCUT2D eigenvalue weighted by Gasteiger charge is 2.30. The van der Waals surface area contributed by atoms with Crippen molar-refractivity contribution in [2.75, 3.05) is 6.54 Å². The van der Waals surface area contributed by atoms with Gasteiger partial charge in [-0.1, -0.05) is 17.2 Å². The Morgan fingerprint density at radius 3 is 2.48 bits per heavy atom. The summed E-state index contributed by atoms with van der Waals surface area (Å²) in [7, 11) is 0. The number of aromatic nitrogens is 1. The number of likely N-dealkylation sites (tertiary alicyclic amines) is 1. The SMILES string of the molecule is Cc1cc(C)cc(C(=O)N2CCC[C@H]2c2ccncc2)c1. The van der Waals surface area contributed by atoms with Crippen molar-refractivity contribution in [2.45, 2.75) is 32.7 Å². The topological polar surface area (TPSA) is 33.2 Å². The Morgan fingerprint density at radius 1 is 1.14 bits per heavy atom. The summed E-state index contributed by atoms with van der Waals surface area (Å²) in [5, 5.41) is 0. The normalized spacial score (nSPS) is 18.0. The number of hydrogen-bond acceptors (Lipinski definition) is 2. The van der Waals surface area contributed by atoms with Crippen molar-refractivity contribution in [2.24, 2.45) is 0 Å². The summed E-state index contributed by atoms with van der Waals surface area (Å²) in [6, 6.07) is 10.3. The predicted molar refractivity (Wildman–Crippen MR) is 83.2 cm³/mol. The van der Waals surface area contributed by atoms with Gasteiger partial charge in [0.25, 0.3) is 5.91 Å². The molecule has 3 nitrogen and oxygen atoms in total. The molecule has 1 aromatic carbocycles. The van der Waals surface area contributed by atoms with E-state index in [1.165, 1.54) is 5.56 Å². The quantitative estimate of drug-likeness (QED) is 0.841. The first-order valence-electron chi connectivity index (χ1n) is 7.44. The maximum Gasteiger partial charge on any atom is 0.254 e. The minimum Gasteiger partial charge on any atom is -0.332 e. The van der Waals surface area contributed by atoms with E-state index in [2.05, 4.69) is 11.1 Å². The standard InChI is InChI=1S/C18H20N2O/c1-13-10-14(2)12-16(11-13)18(21)20-9-3-4-17(20)15-5-7-19-8-6-15/h5-8,10-12,17H,3-4,9H2,1-2H3/t17-/m0/s1. The fourth-order valence-corrected chi connectivity index (χ4v) is 3.21. The highest BCUT2D eigenvalue weighted by molar-refractivity contribution is 5.95. The first-order chi connectivity index (χ1) is 10.1. The van der Waals surface area contributed by atoms with E-state index in [1.807, 2.05) is 43.0 Å². The molecule has 0 spiro atoms. The van der Waals surface area contributed by atoms with E-state index < -0.39 is 0 Å². The van der Waals surface area contributed by atoms with E-state index in [9.17, 15) is 4.79 Å². The lowest BCUT2D eigenvalue weighted by molar-refractivity contribution is 0.0735. The average molecular weight is 280 g/mol. The Morgan fingerprint density at radius 2 is 1.81 bits per heavy atom. The summed E-state index contributed by atoms with van der Waals surface area (Å²) in [6.07, 6.45) is 5.68. The molecule has 0 radical (unpaired) electrons. The van der Waals surface area contributed by atoms with Crippen LogP contribution in [0.25, 0.3) is 0 Å². The van der Waals surface area contributed by atoms with Gasteiger partial charge in [0.15, 0.2) is 0 Å². The minimum atomic E-state index is 0.140. The van der Waals surface area contributed by atoms with Crippen molar-refractivity contribution in [3.8, 4) is 0 Å². The number of carbonyl (C=O) groups excluding carboxylic acids is 1. The van der Waals surface area contributed by atoms with Crippen molar-refractivity contribution in [3.05, 3.63) is 65.0 Å². The molecule has 2 aromatic rings. The molecular weight excluding hydrogens is 260 g/mol. The van der Waals surface area contributed by atoms with Crippen LogP contribution in [0.1, 0.15) is 45.9 Å². The zero-order chi connectivity index (χ0) is 14.8. The number of aryl methyl sites for hydroxylation is 2. The van der Waals surface area contributed by atoms with E-state index in [0.717, 1.165) is 36.1 Å². The molecule has 1 aromatic heterocycles. The van der Waals surface area contributed by atoms with Gasteiger partial charge in [-0.3, -0.25) is 9.78 Å². The third kappa shape index (κ3) is 2.82. The van der Waals surface area contributed by atoms with E-state index in [4.69, 9.17) is 0 Å². The van der Waals surface area contributed by atoms with Gasteiger partial charge in [-0.25, -0.2) is 0 Å². The number of amides is 1. The van der Waals surface area contributed by atoms with Crippen LogP contribution in [0.15, 0.2) is 42.7 Å². The van der Waals surface area contributed by atoms with Crippen molar-refractivity contribution in [1.82, 2.24) is 9.88 Å². The van der Waals surface area contributed by atoms with Crippen LogP contribution in [0.2, 0.25) is 0 Å². The second-order valence-electron chi connectivity index (χ2n) is 5.81. The Hall–Kier alpha value is -2.16. The van der Waals surface area contributed by atoms with Crippen LogP contribution in [0.5, 0.6) is 0 Å². The highest BCUT2D eigenvalue weighted by atomic mass is 16.2. The van der Waals surface area contributed by atoms with Gasteiger partial charge >= 0.3 is 0 Å². The Balaban J connectivity index is 1.90. The van der Waals surface area contributed by atoms with E-state index >= 15 is 0 Å². The van der Waals surface area contributed by atoms with Crippen molar-refractivity contribution < 1.29 is 4.79 Å². The van der Waals surface area contributed by atoms with Crippen LogP contribution in [-0.4, -0.2) is 22.3 Å².